The smallest absolute Gasteiger partial charge is 0.416 e. The molecular formula is C19H19F3N2O4S. The number of aliphatic hydroxyl groups excluding tert-OH is 1. The van der Waals surface area contributed by atoms with Crippen LogP contribution in [0.3, 0.4) is 0 Å². The normalized spacial score (nSPS) is 25.7. The van der Waals surface area contributed by atoms with Crippen LogP contribution in [0.1, 0.15) is 11.1 Å². The molecule has 1 saturated heterocycles. The molecule has 10 heteroatoms. The van der Waals surface area contributed by atoms with Gasteiger partial charge < -0.3 is 20.5 Å². The molecule has 0 unspecified atom stereocenters. The van der Waals surface area contributed by atoms with E-state index in [1.807, 2.05) is 0 Å². The van der Waals surface area contributed by atoms with Crippen LogP contribution in [0, 0.1) is 6.92 Å². The maximum Gasteiger partial charge on any atom is 0.416 e. The number of nitrogens with two attached hydrogens (primary N) is 1. The lowest BCUT2D eigenvalue weighted by atomic mass is 10.00. The predicted molar refractivity (Wildman–Crippen MR) is 101 cm³/mol. The van der Waals surface area contributed by atoms with Gasteiger partial charge in [0.15, 0.2) is 21.3 Å². The Morgan fingerprint density at radius 3 is 2.38 bits per heavy atom. The molecule has 6 nitrogen and oxygen atoms in total. The molecule has 0 amide bonds. The number of sulfone groups is 1. The first-order valence-corrected chi connectivity index (χ1v) is 10.7. The van der Waals surface area contributed by atoms with Crippen LogP contribution in [0.4, 0.5) is 24.5 Å². The summed E-state index contributed by atoms with van der Waals surface area (Å²) in [4.78, 5) is 1.52. The van der Waals surface area contributed by atoms with Gasteiger partial charge in [-0.05, 0) is 42.8 Å². The quantitative estimate of drug-likeness (QED) is 0.726. The first-order valence-electron chi connectivity index (χ1n) is 8.89. The van der Waals surface area contributed by atoms with E-state index < -0.39 is 39.8 Å². The van der Waals surface area contributed by atoms with E-state index in [4.69, 9.17) is 10.5 Å². The van der Waals surface area contributed by atoms with Gasteiger partial charge in [0.05, 0.1) is 40.6 Å². The lowest BCUT2D eigenvalue weighted by Crippen LogP contribution is -2.60. The Morgan fingerprint density at radius 1 is 1.10 bits per heavy atom. The zero-order valence-corrected chi connectivity index (χ0v) is 16.2. The van der Waals surface area contributed by atoms with Gasteiger partial charge in [0, 0.05) is 6.04 Å². The fraction of sp³-hybridized carbons (Fsp3) is 0.368. The van der Waals surface area contributed by atoms with Crippen molar-refractivity contribution in [1.29, 1.82) is 0 Å². The monoisotopic (exact) mass is 428 g/mol. The van der Waals surface area contributed by atoms with Gasteiger partial charge in [-0.25, -0.2) is 8.42 Å². The average Bonchev–Trinajstić information content (AvgIpc) is 2.61. The minimum absolute atomic E-state index is 0.0679. The largest absolute Gasteiger partial charge is 0.453 e. The Labute approximate surface area is 165 Å². The fourth-order valence-electron chi connectivity index (χ4n) is 3.81. The molecule has 2 heterocycles. The van der Waals surface area contributed by atoms with Gasteiger partial charge in [-0.15, -0.1) is 0 Å². The maximum absolute atomic E-state index is 13.2. The van der Waals surface area contributed by atoms with Crippen molar-refractivity contribution in [2.45, 2.75) is 31.3 Å². The molecule has 0 radical (unpaired) electrons. The highest BCUT2D eigenvalue weighted by Crippen LogP contribution is 2.50. The highest BCUT2D eigenvalue weighted by Gasteiger charge is 2.44. The van der Waals surface area contributed by atoms with Crippen molar-refractivity contribution < 1.29 is 31.4 Å². The molecule has 156 valence electrons. The summed E-state index contributed by atoms with van der Waals surface area (Å²) in [7, 11) is -3.56. The topological polar surface area (TPSA) is 92.9 Å². The number of rotatable bonds is 1. The molecule has 0 aromatic heterocycles. The summed E-state index contributed by atoms with van der Waals surface area (Å²) in [6.45, 7) is 1.80. The fourth-order valence-corrected chi connectivity index (χ4v) is 5.60. The van der Waals surface area contributed by atoms with Crippen LogP contribution in [0.5, 0.6) is 11.5 Å². The molecule has 0 spiro atoms. The molecular weight excluding hydrogens is 409 g/mol. The highest BCUT2D eigenvalue weighted by atomic mass is 32.2. The van der Waals surface area contributed by atoms with Gasteiger partial charge in [-0.1, -0.05) is 6.07 Å². The number of nitrogens with zero attached hydrogens (tertiary/aromatic N) is 1. The summed E-state index contributed by atoms with van der Waals surface area (Å²) < 4.78 is 69.9. The number of anilines is 2. The minimum Gasteiger partial charge on any atom is -0.453 e. The van der Waals surface area contributed by atoms with Crippen LogP contribution < -0.4 is 15.4 Å². The number of hydrogen-bond donors (Lipinski definition) is 2. The van der Waals surface area contributed by atoms with Crippen molar-refractivity contribution in [3.05, 3.63) is 47.5 Å². The van der Waals surface area contributed by atoms with Gasteiger partial charge >= 0.3 is 6.18 Å². The first-order chi connectivity index (χ1) is 13.5. The molecule has 2 aliphatic rings. The SMILES string of the molecule is Cc1ccc2c(c1)Oc1cc(C(F)(F)F)ccc1N2[C@H]1CS(=O)(=O)C[C@@H](N)[C@@H]1O. The lowest BCUT2D eigenvalue weighted by molar-refractivity contribution is -0.137. The van der Waals surface area contributed by atoms with E-state index in [2.05, 4.69) is 0 Å². The Hall–Kier alpha value is -2.30. The van der Waals surface area contributed by atoms with E-state index in [0.29, 0.717) is 5.69 Å². The molecule has 1 fully saturated rings. The van der Waals surface area contributed by atoms with E-state index in [1.54, 1.807) is 25.1 Å². The molecule has 2 aromatic carbocycles. The Morgan fingerprint density at radius 2 is 1.72 bits per heavy atom. The second kappa shape index (κ2) is 6.61. The number of aryl methyl sites for hydroxylation is 1. The minimum atomic E-state index is -4.56. The molecule has 2 aliphatic heterocycles. The first kappa shape index (κ1) is 20.0. The van der Waals surface area contributed by atoms with Crippen molar-refractivity contribution in [2.24, 2.45) is 5.73 Å². The molecule has 0 saturated carbocycles. The van der Waals surface area contributed by atoms with Gasteiger partial charge in [0.2, 0.25) is 0 Å². The van der Waals surface area contributed by atoms with E-state index in [0.717, 1.165) is 17.7 Å². The molecule has 29 heavy (non-hydrogen) atoms. The molecule has 3 N–H and O–H groups in total. The average molecular weight is 428 g/mol. The Kier molecular flexibility index (Phi) is 4.56. The van der Waals surface area contributed by atoms with Crippen LogP contribution >= 0.6 is 0 Å². The van der Waals surface area contributed by atoms with E-state index in [1.165, 1.54) is 11.0 Å². The third kappa shape index (κ3) is 3.56. The number of halogens is 3. The second-order valence-electron chi connectivity index (χ2n) is 7.42. The van der Waals surface area contributed by atoms with Gasteiger partial charge in [-0.2, -0.15) is 13.2 Å². The maximum atomic E-state index is 13.2. The zero-order chi connectivity index (χ0) is 21.1. The van der Waals surface area contributed by atoms with Crippen molar-refractivity contribution >= 4 is 21.2 Å². The Bertz CT molecular complexity index is 1070. The summed E-state index contributed by atoms with van der Waals surface area (Å²) >= 11 is 0. The number of fused-ring (bicyclic) bond motifs is 2. The van der Waals surface area contributed by atoms with Crippen LogP contribution in [-0.2, 0) is 16.0 Å². The van der Waals surface area contributed by atoms with E-state index >= 15 is 0 Å². The predicted octanol–water partition coefficient (Wildman–Crippen LogP) is 2.74. The molecule has 0 bridgehead atoms. The van der Waals surface area contributed by atoms with Crippen LogP contribution in [0.15, 0.2) is 36.4 Å². The van der Waals surface area contributed by atoms with Crippen molar-refractivity contribution in [1.82, 2.24) is 0 Å². The lowest BCUT2D eigenvalue weighted by Gasteiger charge is -2.43. The third-order valence-corrected chi connectivity index (χ3v) is 6.92. The number of ether oxygens (including phenoxy) is 1. The molecule has 2 aromatic rings. The third-order valence-electron chi connectivity index (χ3n) is 5.18. The standard InChI is InChI=1S/C19H19F3N2O4S/c1-10-2-4-13-16(6-10)28-17-7-11(19(20,21)22)3-5-14(17)24(13)15-9-29(26,27)8-12(23)18(15)25/h2-7,12,15,18,25H,8-9,23H2,1H3/t12-,15+,18+/m1/s1. The number of aliphatic hydroxyl groups is 1. The summed E-state index contributed by atoms with van der Waals surface area (Å²) in [5.74, 6) is -0.520. The molecule has 0 aliphatic carbocycles. The summed E-state index contributed by atoms with van der Waals surface area (Å²) in [6, 6.07) is 6.13. The number of benzene rings is 2. The number of hydrogen-bond acceptors (Lipinski definition) is 6. The van der Waals surface area contributed by atoms with Gasteiger partial charge in [0.25, 0.3) is 0 Å². The summed E-state index contributed by atoms with van der Waals surface area (Å²) in [6.07, 6.45) is -5.76. The summed E-state index contributed by atoms with van der Waals surface area (Å²) in [5, 5.41) is 10.7. The Balaban J connectivity index is 1.90. The van der Waals surface area contributed by atoms with Crippen LogP contribution in [-0.4, -0.2) is 43.2 Å². The van der Waals surface area contributed by atoms with E-state index in [-0.39, 0.29) is 28.7 Å². The van der Waals surface area contributed by atoms with Crippen LogP contribution in [0.25, 0.3) is 0 Å². The molecule has 3 atom stereocenters. The van der Waals surface area contributed by atoms with Crippen LogP contribution in [0.2, 0.25) is 0 Å². The van der Waals surface area contributed by atoms with Gasteiger partial charge in [0.1, 0.15) is 0 Å². The highest BCUT2D eigenvalue weighted by molar-refractivity contribution is 7.91. The van der Waals surface area contributed by atoms with Crippen molar-refractivity contribution in [3.63, 3.8) is 0 Å². The second-order valence-corrected chi connectivity index (χ2v) is 9.58. The number of alkyl halides is 3. The summed E-state index contributed by atoms with van der Waals surface area (Å²) in [5.41, 5.74) is 6.48. The molecule has 4 rings (SSSR count). The van der Waals surface area contributed by atoms with Gasteiger partial charge in [-0.3, -0.25) is 0 Å². The zero-order valence-electron chi connectivity index (χ0n) is 15.3. The van der Waals surface area contributed by atoms with Crippen molar-refractivity contribution in [3.8, 4) is 11.5 Å². The van der Waals surface area contributed by atoms with Crippen molar-refractivity contribution in [2.75, 3.05) is 16.4 Å². The van der Waals surface area contributed by atoms with E-state index in [9.17, 15) is 26.7 Å².